The standard InChI is InChI=1S/C12H14BrFN2O/c1-7(2)16-9-5-4-8(13)11(14)12(9)15-10(16)6-17-3/h4-5,7H,6H2,1-3H3. The minimum absolute atomic E-state index is 0.214. The summed E-state index contributed by atoms with van der Waals surface area (Å²) in [5.74, 6) is 0.425. The van der Waals surface area contributed by atoms with Crippen LogP contribution in [0, 0.1) is 5.82 Å². The quantitative estimate of drug-likeness (QED) is 0.865. The Balaban J connectivity index is 2.74. The molecular formula is C12H14BrFN2O. The first kappa shape index (κ1) is 12.5. The number of imidazole rings is 1. The van der Waals surface area contributed by atoms with Crippen molar-refractivity contribution in [2.24, 2.45) is 0 Å². The van der Waals surface area contributed by atoms with E-state index in [1.165, 1.54) is 0 Å². The van der Waals surface area contributed by atoms with Crippen molar-refractivity contribution < 1.29 is 9.13 Å². The van der Waals surface area contributed by atoms with Gasteiger partial charge in [0, 0.05) is 13.2 Å². The largest absolute Gasteiger partial charge is 0.377 e. The molecule has 0 fully saturated rings. The third-order valence-electron chi connectivity index (χ3n) is 2.62. The number of methoxy groups -OCH3 is 1. The van der Waals surface area contributed by atoms with Gasteiger partial charge >= 0.3 is 0 Å². The van der Waals surface area contributed by atoms with E-state index in [1.54, 1.807) is 13.2 Å². The van der Waals surface area contributed by atoms with Gasteiger partial charge in [-0.25, -0.2) is 9.37 Å². The zero-order valence-electron chi connectivity index (χ0n) is 10.00. The molecule has 0 saturated heterocycles. The lowest BCUT2D eigenvalue weighted by Crippen LogP contribution is -2.06. The summed E-state index contributed by atoms with van der Waals surface area (Å²) < 4.78 is 21.5. The molecule has 5 heteroatoms. The Hall–Kier alpha value is -0.940. The van der Waals surface area contributed by atoms with Gasteiger partial charge in [0.25, 0.3) is 0 Å². The third-order valence-corrected chi connectivity index (χ3v) is 3.23. The predicted molar refractivity (Wildman–Crippen MR) is 68.5 cm³/mol. The Bertz CT molecular complexity index is 551. The highest BCUT2D eigenvalue weighted by Gasteiger charge is 2.17. The topological polar surface area (TPSA) is 27.1 Å². The summed E-state index contributed by atoms with van der Waals surface area (Å²) >= 11 is 3.17. The average Bonchev–Trinajstić information content (AvgIpc) is 2.63. The van der Waals surface area contributed by atoms with Gasteiger partial charge in [0.1, 0.15) is 17.9 Å². The SMILES string of the molecule is COCc1nc2c(F)c(Br)ccc2n1C(C)C. The number of ether oxygens (including phenoxy) is 1. The lowest BCUT2D eigenvalue weighted by Gasteiger charge is -2.12. The van der Waals surface area contributed by atoms with E-state index < -0.39 is 0 Å². The minimum atomic E-state index is -0.320. The second-order valence-corrected chi connectivity index (χ2v) is 5.01. The summed E-state index contributed by atoms with van der Waals surface area (Å²) in [5, 5.41) is 0. The summed E-state index contributed by atoms with van der Waals surface area (Å²) in [6.07, 6.45) is 0. The summed E-state index contributed by atoms with van der Waals surface area (Å²) in [5.41, 5.74) is 1.19. The Morgan fingerprint density at radius 1 is 1.47 bits per heavy atom. The first-order valence-corrected chi connectivity index (χ1v) is 6.19. The Morgan fingerprint density at radius 2 is 2.18 bits per heavy atom. The van der Waals surface area contributed by atoms with Gasteiger partial charge in [-0.2, -0.15) is 0 Å². The zero-order chi connectivity index (χ0) is 12.6. The number of nitrogens with zero attached hydrogens (tertiary/aromatic N) is 2. The second kappa shape index (κ2) is 4.74. The molecule has 0 saturated carbocycles. The van der Waals surface area contributed by atoms with E-state index in [-0.39, 0.29) is 11.9 Å². The van der Waals surface area contributed by atoms with Crippen molar-refractivity contribution in [1.29, 1.82) is 0 Å². The highest BCUT2D eigenvalue weighted by molar-refractivity contribution is 9.10. The summed E-state index contributed by atoms with van der Waals surface area (Å²) in [7, 11) is 1.61. The van der Waals surface area contributed by atoms with Crippen molar-refractivity contribution in [3.05, 3.63) is 28.2 Å². The second-order valence-electron chi connectivity index (χ2n) is 4.15. The Morgan fingerprint density at radius 3 is 2.76 bits per heavy atom. The van der Waals surface area contributed by atoms with Gasteiger partial charge < -0.3 is 9.30 Å². The maximum absolute atomic E-state index is 13.9. The van der Waals surface area contributed by atoms with E-state index in [4.69, 9.17) is 4.74 Å². The molecule has 0 unspecified atom stereocenters. The Kier molecular flexibility index (Phi) is 3.49. The summed E-state index contributed by atoms with van der Waals surface area (Å²) in [6.45, 7) is 4.46. The maximum atomic E-state index is 13.9. The van der Waals surface area contributed by atoms with Crippen LogP contribution in [-0.4, -0.2) is 16.7 Å². The first-order chi connectivity index (χ1) is 8.06. The highest BCUT2D eigenvalue weighted by atomic mass is 79.9. The number of fused-ring (bicyclic) bond motifs is 1. The van der Waals surface area contributed by atoms with E-state index >= 15 is 0 Å². The van der Waals surface area contributed by atoms with Crippen LogP contribution in [-0.2, 0) is 11.3 Å². The monoisotopic (exact) mass is 300 g/mol. The van der Waals surface area contributed by atoms with Crippen LogP contribution in [0.15, 0.2) is 16.6 Å². The van der Waals surface area contributed by atoms with Gasteiger partial charge in [-0.15, -0.1) is 0 Å². The van der Waals surface area contributed by atoms with Crippen molar-refractivity contribution in [3.63, 3.8) is 0 Å². The van der Waals surface area contributed by atoms with Crippen LogP contribution in [0.5, 0.6) is 0 Å². The van der Waals surface area contributed by atoms with Crippen molar-refractivity contribution in [1.82, 2.24) is 9.55 Å². The molecule has 0 bridgehead atoms. The molecule has 0 aliphatic rings. The molecule has 2 rings (SSSR count). The predicted octanol–water partition coefficient (Wildman–Crippen LogP) is 3.67. The molecule has 1 aromatic carbocycles. The molecule has 0 aliphatic carbocycles. The minimum Gasteiger partial charge on any atom is -0.377 e. The molecule has 0 radical (unpaired) electrons. The van der Waals surface area contributed by atoms with Gasteiger partial charge in [-0.05, 0) is 41.9 Å². The number of hydrogen-bond donors (Lipinski definition) is 0. The lowest BCUT2D eigenvalue weighted by atomic mass is 10.3. The van der Waals surface area contributed by atoms with Gasteiger partial charge in [0.2, 0.25) is 0 Å². The number of hydrogen-bond acceptors (Lipinski definition) is 2. The van der Waals surface area contributed by atoms with Crippen LogP contribution < -0.4 is 0 Å². The summed E-state index contributed by atoms with van der Waals surface area (Å²) in [4.78, 5) is 4.32. The zero-order valence-corrected chi connectivity index (χ0v) is 11.6. The lowest BCUT2D eigenvalue weighted by molar-refractivity contribution is 0.173. The summed E-state index contributed by atoms with van der Waals surface area (Å²) in [6, 6.07) is 3.79. The molecule has 92 valence electrons. The third kappa shape index (κ3) is 2.09. The van der Waals surface area contributed by atoms with E-state index in [0.29, 0.717) is 16.6 Å². The van der Waals surface area contributed by atoms with Crippen molar-refractivity contribution in [2.75, 3.05) is 7.11 Å². The van der Waals surface area contributed by atoms with Crippen molar-refractivity contribution in [3.8, 4) is 0 Å². The van der Waals surface area contributed by atoms with E-state index in [1.807, 2.05) is 24.5 Å². The normalized spacial score (nSPS) is 11.6. The molecule has 1 aromatic heterocycles. The molecule has 3 nitrogen and oxygen atoms in total. The van der Waals surface area contributed by atoms with Crippen LogP contribution in [0.25, 0.3) is 11.0 Å². The molecule has 0 atom stereocenters. The number of aromatic nitrogens is 2. The first-order valence-electron chi connectivity index (χ1n) is 5.40. The van der Waals surface area contributed by atoms with Crippen molar-refractivity contribution in [2.45, 2.75) is 26.5 Å². The molecule has 0 spiro atoms. The fourth-order valence-corrected chi connectivity index (χ4v) is 2.28. The molecule has 2 aromatic rings. The van der Waals surface area contributed by atoms with Crippen LogP contribution in [0.1, 0.15) is 25.7 Å². The van der Waals surface area contributed by atoms with E-state index in [9.17, 15) is 4.39 Å². The van der Waals surface area contributed by atoms with Crippen LogP contribution >= 0.6 is 15.9 Å². The molecule has 1 heterocycles. The van der Waals surface area contributed by atoms with Gasteiger partial charge in [0.05, 0.1) is 9.99 Å². The van der Waals surface area contributed by atoms with E-state index in [0.717, 1.165) is 11.3 Å². The number of rotatable bonds is 3. The molecule has 17 heavy (non-hydrogen) atoms. The fourth-order valence-electron chi connectivity index (χ4n) is 1.96. The molecular weight excluding hydrogens is 287 g/mol. The van der Waals surface area contributed by atoms with Crippen molar-refractivity contribution >= 4 is 27.0 Å². The number of benzene rings is 1. The average molecular weight is 301 g/mol. The fraction of sp³-hybridized carbons (Fsp3) is 0.417. The van der Waals surface area contributed by atoms with E-state index in [2.05, 4.69) is 20.9 Å². The van der Waals surface area contributed by atoms with Gasteiger partial charge in [0.15, 0.2) is 5.82 Å². The Labute approximate surface area is 108 Å². The molecule has 0 aliphatic heterocycles. The molecule has 0 amide bonds. The van der Waals surface area contributed by atoms with Crippen LogP contribution in [0.2, 0.25) is 0 Å². The number of halogens is 2. The molecule has 0 N–H and O–H groups in total. The van der Waals surface area contributed by atoms with Crippen LogP contribution in [0.3, 0.4) is 0 Å². The maximum Gasteiger partial charge on any atom is 0.165 e. The van der Waals surface area contributed by atoms with Gasteiger partial charge in [-0.3, -0.25) is 0 Å². The highest BCUT2D eigenvalue weighted by Crippen LogP contribution is 2.27. The van der Waals surface area contributed by atoms with Gasteiger partial charge in [-0.1, -0.05) is 0 Å². The van der Waals surface area contributed by atoms with Crippen LogP contribution in [0.4, 0.5) is 4.39 Å². The smallest absolute Gasteiger partial charge is 0.165 e.